The lowest BCUT2D eigenvalue weighted by atomic mass is 10.0. The quantitative estimate of drug-likeness (QED) is 0.805. The molecule has 0 radical (unpaired) electrons. The van der Waals surface area contributed by atoms with Gasteiger partial charge in [0, 0.05) is 51.1 Å². The zero-order valence-corrected chi connectivity index (χ0v) is 15.9. The predicted octanol–water partition coefficient (Wildman–Crippen LogP) is 4.50. The molecule has 0 aliphatic carbocycles. The minimum absolute atomic E-state index is 0.0374. The van der Waals surface area contributed by atoms with Crippen LogP contribution in [0.15, 0.2) is 48.5 Å². The molecule has 0 saturated carbocycles. The maximum absolute atomic E-state index is 2.29. The Kier molecular flexibility index (Phi) is 4.83. The summed E-state index contributed by atoms with van der Waals surface area (Å²) in [7, 11) is 8.35. The van der Waals surface area contributed by atoms with Gasteiger partial charge in [-0.15, -0.1) is 23.5 Å². The van der Waals surface area contributed by atoms with Gasteiger partial charge in [-0.05, 0) is 35.4 Å². The molecule has 0 unspecified atom stereocenters. The van der Waals surface area contributed by atoms with E-state index in [2.05, 4.69) is 110 Å². The van der Waals surface area contributed by atoms with Gasteiger partial charge >= 0.3 is 0 Å². The Bertz CT molecular complexity index is 589. The summed E-state index contributed by atoms with van der Waals surface area (Å²) in [5, 5.41) is 0. The van der Waals surface area contributed by atoms with E-state index in [4.69, 9.17) is 0 Å². The summed E-state index contributed by atoms with van der Waals surface area (Å²) in [6.45, 7) is 0. The van der Waals surface area contributed by atoms with Crippen molar-refractivity contribution in [1.29, 1.82) is 0 Å². The van der Waals surface area contributed by atoms with Gasteiger partial charge in [0.1, 0.15) is 4.08 Å². The normalized spacial score (nSPS) is 16.3. The first-order chi connectivity index (χ1) is 11.0. The Hall–Kier alpha value is -1.26. The Morgan fingerprint density at radius 2 is 1.00 bits per heavy atom. The summed E-state index contributed by atoms with van der Waals surface area (Å²) >= 11 is 4.12. The topological polar surface area (TPSA) is 6.48 Å². The highest BCUT2D eigenvalue weighted by molar-refractivity contribution is 8.20. The smallest absolute Gasteiger partial charge is 0.111 e. The van der Waals surface area contributed by atoms with Gasteiger partial charge < -0.3 is 9.80 Å². The van der Waals surface area contributed by atoms with Crippen LogP contribution in [-0.2, 0) is 4.08 Å². The molecular weight excluding hydrogens is 320 g/mol. The molecule has 1 saturated heterocycles. The van der Waals surface area contributed by atoms with Crippen LogP contribution in [0.4, 0.5) is 11.4 Å². The predicted molar refractivity (Wildman–Crippen MR) is 107 cm³/mol. The Morgan fingerprint density at radius 1 is 0.652 bits per heavy atom. The van der Waals surface area contributed by atoms with Crippen molar-refractivity contribution in [3.8, 4) is 0 Å². The molecule has 3 rings (SSSR count). The van der Waals surface area contributed by atoms with E-state index in [1.54, 1.807) is 0 Å². The van der Waals surface area contributed by atoms with Crippen LogP contribution in [0.25, 0.3) is 0 Å². The number of rotatable bonds is 4. The highest BCUT2D eigenvalue weighted by Gasteiger charge is 2.39. The van der Waals surface area contributed by atoms with Gasteiger partial charge in [-0.2, -0.15) is 0 Å². The lowest BCUT2D eigenvalue weighted by Crippen LogP contribution is -2.17. The first-order valence-corrected chi connectivity index (χ1v) is 9.84. The Balaban J connectivity index is 1.99. The van der Waals surface area contributed by atoms with Crippen LogP contribution in [0.2, 0.25) is 0 Å². The van der Waals surface area contributed by atoms with E-state index in [1.807, 2.05) is 0 Å². The van der Waals surface area contributed by atoms with E-state index < -0.39 is 0 Å². The van der Waals surface area contributed by atoms with E-state index in [0.717, 1.165) is 0 Å². The van der Waals surface area contributed by atoms with Gasteiger partial charge in [0.25, 0.3) is 0 Å². The fourth-order valence-corrected chi connectivity index (χ4v) is 6.16. The summed E-state index contributed by atoms with van der Waals surface area (Å²) < 4.78 is 0.0374. The van der Waals surface area contributed by atoms with Crippen molar-refractivity contribution in [2.45, 2.75) is 4.08 Å². The minimum Gasteiger partial charge on any atom is -0.378 e. The summed E-state index contributed by atoms with van der Waals surface area (Å²) in [4.78, 5) is 4.30. The molecule has 2 aromatic rings. The summed E-state index contributed by atoms with van der Waals surface area (Å²) in [5.74, 6) is 2.41. The molecule has 23 heavy (non-hydrogen) atoms. The largest absolute Gasteiger partial charge is 0.378 e. The molecule has 122 valence electrons. The monoisotopic (exact) mass is 344 g/mol. The molecule has 2 nitrogen and oxygen atoms in total. The van der Waals surface area contributed by atoms with Crippen LogP contribution < -0.4 is 9.80 Å². The van der Waals surface area contributed by atoms with Crippen molar-refractivity contribution < 1.29 is 0 Å². The molecule has 1 aliphatic rings. The van der Waals surface area contributed by atoms with Crippen LogP contribution in [0, 0.1) is 0 Å². The lowest BCUT2D eigenvalue weighted by molar-refractivity contribution is 1.06. The molecule has 1 heterocycles. The molecule has 1 aliphatic heterocycles. The van der Waals surface area contributed by atoms with Crippen LogP contribution in [-0.4, -0.2) is 39.7 Å². The highest BCUT2D eigenvalue weighted by atomic mass is 32.2. The second-order valence-corrected chi connectivity index (χ2v) is 9.07. The van der Waals surface area contributed by atoms with Crippen molar-refractivity contribution in [2.24, 2.45) is 0 Å². The first-order valence-electron chi connectivity index (χ1n) is 7.86. The zero-order valence-electron chi connectivity index (χ0n) is 14.2. The van der Waals surface area contributed by atoms with Crippen LogP contribution in [0.3, 0.4) is 0 Å². The Morgan fingerprint density at radius 3 is 1.30 bits per heavy atom. The second-order valence-electron chi connectivity index (χ2n) is 6.20. The molecule has 2 aromatic carbocycles. The second kappa shape index (κ2) is 6.70. The van der Waals surface area contributed by atoms with Gasteiger partial charge in [-0.1, -0.05) is 24.3 Å². The van der Waals surface area contributed by atoms with E-state index >= 15 is 0 Å². The van der Waals surface area contributed by atoms with Crippen molar-refractivity contribution in [1.82, 2.24) is 0 Å². The maximum atomic E-state index is 2.29. The van der Waals surface area contributed by atoms with Crippen molar-refractivity contribution in [2.75, 3.05) is 49.5 Å². The van der Waals surface area contributed by atoms with Gasteiger partial charge in [0.2, 0.25) is 0 Å². The molecular formula is C19H24N2S2. The summed E-state index contributed by atoms with van der Waals surface area (Å²) in [6.07, 6.45) is 0. The van der Waals surface area contributed by atoms with Crippen molar-refractivity contribution in [3.05, 3.63) is 59.7 Å². The van der Waals surface area contributed by atoms with Gasteiger partial charge in [0.15, 0.2) is 0 Å². The van der Waals surface area contributed by atoms with Crippen LogP contribution in [0.5, 0.6) is 0 Å². The SMILES string of the molecule is CN(C)c1ccc(C2(c3ccc(N(C)C)cc3)SCCS2)cc1. The molecule has 4 heteroatoms. The van der Waals surface area contributed by atoms with E-state index in [0.29, 0.717) is 0 Å². The number of hydrogen-bond acceptors (Lipinski definition) is 4. The van der Waals surface area contributed by atoms with Gasteiger partial charge in [0.05, 0.1) is 0 Å². The molecule has 1 fully saturated rings. The molecule has 0 aromatic heterocycles. The van der Waals surface area contributed by atoms with E-state index in [-0.39, 0.29) is 4.08 Å². The number of anilines is 2. The average molecular weight is 345 g/mol. The van der Waals surface area contributed by atoms with Crippen molar-refractivity contribution >= 4 is 34.9 Å². The third-order valence-electron chi connectivity index (χ3n) is 4.22. The zero-order chi connectivity index (χ0) is 16.4. The molecule has 0 amide bonds. The minimum atomic E-state index is 0.0374. The Labute approximate surface area is 148 Å². The lowest BCUT2D eigenvalue weighted by Gasteiger charge is -2.29. The van der Waals surface area contributed by atoms with Crippen molar-refractivity contribution in [3.63, 3.8) is 0 Å². The fourth-order valence-electron chi connectivity index (χ4n) is 2.87. The van der Waals surface area contributed by atoms with Gasteiger partial charge in [-0.3, -0.25) is 0 Å². The molecule has 0 N–H and O–H groups in total. The molecule has 0 spiro atoms. The molecule has 0 atom stereocenters. The summed E-state index contributed by atoms with van der Waals surface area (Å²) in [5.41, 5.74) is 5.29. The fraction of sp³-hybridized carbons (Fsp3) is 0.368. The highest BCUT2D eigenvalue weighted by Crippen LogP contribution is 2.56. The standard InChI is InChI=1S/C19H24N2S2/c1-20(2)17-9-5-15(6-10-17)19(22-13-14-23-19)16-7-11-18(12-8-16)21(3)4/h5-12H,13-14H2,1-4H3. The maximum Gasteiger partial charge on any atom is 0.111 e. The number of benzene rings is 2. The number of nitrogens with zero attached hydrogens (tertiary/aromatic N) is 2. The summed E-state index contributed by atoms with van der Waals surface area (Å²) in [6, 6.07) is 18.1. The number of hydrogen-bond donors (Lipinski definition) is 0. The van der Waals surface area contributed by atoms with Crippen LogP contribution in [0.1, 0.15) is 11.1 Å². The van der Waals surface area contributed by atoms with Gasteiger partial charge in [-0.25, -0.2) is 0 Å². The third-order valence-corrected chi connectivity index (χ3v) is 7.76. The third kappa shape index (κ3) is 3.20. The number of thioether (sulfide) groups is 2. The first kappa shape index (κ1) is 16.6. The van der Waals surface area contributed by atoms with Crippen LogP contribution >= 0.6 is 23.5 Å². The molecule has 0 bridgehead atoms. The average Bonchev–Trinajstić information content (AvgIpc) is 3.06. The van der Waals surface area contributed by atoms with E-state index in [1.165, 1.54) is 34.0 Å². The van der Waals surface area contributed by atoms with E-state index in [9.17, 15) is 0 Å².